The molecule has 0 saturated carbocycles. The van der Waals surface area contributed by atoms with Gasteiger partial charge >= 0.3 is 5.97 Å². The van der Waals surface area contributed by atoms with Gasteiger partial charge in [0, 0.05) is 11.6 Å². The van der Waals surface area contributed by atoms with Gasteiger partial charge in [-0.25, -0.2) is 0 Å². The minimum Gasteiger partial charge on any atom is -0.466 e. The van der Waals surface area contributed by atoms with Crippen molar-refractivity contribution in [2.24, 2.45) is 5.73 Å². The van der Waals surface area contributed by atoms with Gasteiger partial charge in [0.1, 0.15) is 0 Å². The number of carbonyl (C=O) groups is 1. The Morgan fingerprint density at radius 3 is 2.76 bits per heavy atom. The second-order valence-corrected chi connectivity index (χ2v) is 3.76. The molecule has 90 valence electrons. The van der Waals surface area contributed by atoms with Gasteiger partial charge in [-0.2, -0.15) is 5.26 Å². The molecule has 0 saturated heterocycles. The Morgan fingerprint density at radius 1 is 1.53 bits per heavy atom. The number of nitrogens with two attached hydrogens (primary N) is 1. The summed E-state index contributed by atoms with van der Waals surface area (Å²) in [4.78, 5) is 11.4. The van der Waals surface area contributed by atoms with Crippen LogP contribution in [0.3, 0.4) is 0 Å². The summed E-state index contributed by atoms with van der Waals surface area (Å²) in [5, 5.41) is 9.37. The van der Waals surface area contributed by atoms with E-state index in [1.54, 1.807) is 19.1 Å². The number of benzene rings is 1. The second-order valence-electron chi connectivity index (χ2n) is 3.35. The lowest BCUT2D eigenvalue weighted by molar-refractivity contribution is -0.142. The normalized spacial score (nSPS) is 9.76. The van der Waals surface area contributed by atoms with E-state index in [4.69, 9.17) is 27.3 Å². The molecule has 0 aliphatic heterocycles. The van der Waals surface area contributed by atoms with E-state index in [-0.39, 0.29) is 18.9 Å². The number of nitriles is 1. The van der Waals surface area contributed by atoms with Gasteiger partial charge < -0.3 is 10.5 Å². The van der Waals surface area contributed by atoms with Crippen LogP contribution < -0.4 is 5.73 Å². The molecule has 17 heavy (non-hydrogen) atoms. The van der Waals surface area contributed by atoms with Gasteiger partial charge in [-0.1, -0.05) is 11.6 Å². The number of hydrogen-bond donors (Lipinski definition) is 1. The first-order valence-electron chi connectivity index (χ1n) is 5.20. The third-order valence-corrected chi connectivity index (χ3v) is 2.68. The number of carbonyl (C=O) groups excluding carboxylic acids is 1. The van der Waals surface area contributed by atoms with Crippen molar-refractivity contribution >= 4 is 17.6 Å². The van der Waals surface area contributed by atoms with E-state index in [1.807, 2.05) is 6.07 Å². The first kappa shape index (κ1) is 13.5. The lowest BCUT2D eigenvalue weighted by atomic mass is 9.99. The largest absolute Gasteiger partial charge is 0.466 e. The molecule has 0 unspecified atom stereocenters. The fourth-order valence-electron chi connectivity index (χ4n) is 1.55. The van der Waals surface area contributed by atoms with Crippen LogP contribution in [-0.4, -0.2) is 12.6 Å². The lowest BCUT2D eigenvalue weighted by Gasteiger charge is -2.11. The summed E-state index contributed by atoms with van der Waals surface area (Å²) in [5.74, 6) is -0.376. The van der Waals surface area contributed by atoms with Gasteiger partial charge in [-0.15, -0.1) is 0 Å². The minimum absolute atomic E-state index is 0.0364. The molecule has 0 aromatic heterocycles. The maximum absolute atomic E-state index is 11.4. The molecule has 4 nitrogen and oxygen atoms in total. The van der Waals surface area contributed by atoms with Crippen molar-refractivity contribution in [1.82, 2.24) is 0 Å². The number of nitrogens with zero attached hydrogens (tertiary/aromatic N) is 1. The van der Waals surface area contributed by atoms with Crippen LogP contribution in [0, 0.1) is 11.3 Å². The number of hydrogen-bond acceptors (Lipinski definition) is 4. The van der Waals surface area contributed by atoms with E-state index < -0.39 is 0 Å². The van der Waals surface area contributed by atoms with Gasteiger partial charge in [0.25, 0.3) is 0 Å². The van der Waals surface area contributed by atoms with Gasteiger partial charge in [-0.05, 0) is 30.2 Å². The molecule has 5 heteroatoms. The fraction of sp³-hybridized carbons (Fsp3) is 0.333. The standard InChI is InChI=1S/C12H13ClN2O2/c1-2-17-12(16)5-9-10(7-15)8(6-14)3-4-11(9)13/h3-4H,2,5,7,15H2,1H3. The predicted molar refractivity (Wildman–Crippen MR) is 64.4 cm³/mol. The molecule has 2 N–H and O–H groups in total. The van der Waals surface area contributed by atoms with Crippen molar-refractivity contribution in [1.29, 1.82) is 5.26 Å². The molecule has 1 rings (SSSR count). The van der Waals surface area contributed by atoms with Crippen LogP contribution in [0.15, 0.2) is 12.1 Å². The highest BCUT2D eigenvalue weighted by Crippen LogP contribution is 2.24. The summed E-state index contributed by atoms with van der Waals surface area (Å²) >= 11 is 6.01. The Kier molecular flexibility index (Phi) is 4.95. The molecular weight excluding hydrogens is 240 g/mol. The van der Waals surface area contributed by atoms with Gasteiger partial charge in [0.2, 0.25) is 0 Å². The van der Waals surface area contributed by atoms with Crippen LogP contribution in [-0.2, 0) is 22.5 Å². The predicted octanol–water partition coefficient (Wildman–Crippen LogP) is 1.78. The minimum atomic E-state index is -0.376. The number of halogens is 1. The number of ether oxygens (including phenoxy) is 1. The van der Waals surface area contributed by atoms with Gasteiger partial charge in [0.15, 0.2) is 0 Å². The summed E-state index contributed by atoms with van der Waals surface area (Å²) < 4.78 is 4.85. The average Bonchev–Trinajstić information content (AvgIpc) is 2.31. The molecule has 0 bridgehead atoms. The third kappa shape index (κ3) is 3.19. The molecular formula is C12H13ClN2O2. The highest BCUT2D eigenvalue weighted by molar-refractivity contribution is 6.31. The number of rotatable bonds is 4. The summed E-state index contributed by atoms with van der Waals surface area (Å²) in [6.45, 7) is 2.21. The van der Waals surface area contributed by atoms with Crippen molar-refractivity contribution in [3.05, 3.63) is 33.8 Å². The SMILES string of the molecule is CCOC(=O)Cc1c(Cl)ccc(C#N)c1CN. The van der Waals surface area contributed by atoms with Crippen LogP contribution in [0.5, 0.6) is 0 Å². The Labute approximate surface area is 105 Å². The zero-order valence-corrected chi connectivity index (χ0v) is 10.3. The zero-order valence-electron chi connectivity index (χ0n) is 9.50. The van der Waals surface area contributed by atoms with Crippen molar-refractivity contribution in [2.45, 2.75) is 19.9 Å². The molecule has 0 heterocycles. The molecule has 0 amide bonds. The smallest absolute Gasteiger partial charge is 0.310 e. The van der Waals surface area contributed by atoms with Gasteiger partial charge in [0.05, 0.1) is 24.7 Å². The van der Waals surface area contributed by atoms with E-state index >= 15 is 0 Å². The van der Waals surface area contributed by atoms with Crippen molar-refractivity contribution in [3.8, 4) is 6.07 Å². The van der Waals surface area contributed by atoms with E-state index in [2.05, 4.69) is 0 Å². The van der Waals surface area contributed by atoms with Crippen LogP contribution in [0.2, 0.25) is 5.02 Å². The summed E-state index contributed by atoms with van der Waals surface area (Å²) in [6, 6.07) is 5.22. The van der Waals surface area contributed by atoms with E-state index in [0.29, 0.717) is 28.3 Å². The maximum atomic E-state index is 11.4. The van der Waals surface area contributed by atoms with Crippen LogP contribution in [0.1, 0.15) is 23.6 Å². The summed E-state index contributed by atoms with van der Waals surface area (Å²) in [5.41, 5.74) is 7.20. The number of esters is 1. The van der Waals surface area contributed by atoms with Gasteiger partial charge in [-0.3, -0.25) is 4.79 Å². The molecule has 0 aliphatic carbocycles. The Morgan fingerprint density at radius 2 is 2.24 bits per heavy atom. The van der Waals surface area contributed by atoms with Crippen molar-refractivity contribution < 1.29 is 9.53 Å². The molecule has 0 atom stereocenters. The van der Waals surface area contributed by atoms with E-state index in [9.17, 15) is 4.79 Å². The quantitative estimate of drug-likeness (QED) is 0.829. The van der Waals surface area contributed by atoms with E-state index in [1.165, 1.54) is 0 Å². The summed E-state index contributed by atoms with van der Waals surface area (Å²) in [6.07, 6.45) is 0.0364. The maximum Gasteiger partial charge on any atom is 0.310 e. The van der Waals surface area contributed by atoms with E-state index in [0.717, 1.165) is 0 Å². The third-order valence-electron chi connectivity index (χ3n) is 2.33. The molecule has 0 radical (unpaired) electrons. The lowest BCUT2D eigenvalue weighted by Crippen LogP contribution is -2.12. The second kappa shape index (κ2) is 6.24. The summed E-state index contributed by atoms with van der Waals surface area (Å²) in [7, 11) is 0. The molecule has 1 aromatic carbocycles. The van der Waals surface area contributed by atoms with Crippen LogP contribution in [0.25, 0.3) is 0 Å². The highest BCUT2D eigenvalue weighted by Gasteiger charge is 2.15. The van der Waals surface area contributed by atoms with Crippen molar-refractivity contribution in [3.63, 3.8) is 0 Å². The average molecular weight is 253 g/mol. The monoisotopic (exact) mass is 252 g/mol. The molecule has 0 fully saturated rings. The van der Waals surface area contributed by atoms with Crippen LogP contribution in [0.4, 0.5) is 0 Å². The van der Waals surface area contributed by atoms with Crippen molar-refractivity contribution in [2.75, 3.05) is 6.61 Å². The zero-order chi connectivity index (χ0) is 12.8. The Balaban J connectivity index is 3.13. The fourth-order valence-corrected chi connectivity index (χ4v) is 1.79. The molecule has 0 spiro atoms. The van der Waals surface area contributed by atoms with Crippen LogP contribution >= 0.6 is 11.6 Å². The highest BCUT2D eigenvalue weighted by atomic mass is 35.5. The molecule has 1 aromatic rings. The topological polar surface area (TPSA) is 76.1 Å². The Hall–Kier alpha value is -1.57. The Bertz CT molecular complexity index is 466. The first-order chi connectivity index (χ1) is 8.13. The molecule has 0 aliphatic rings. The first-order valence-corrected chi connectivity index (χ1v) is 5.57.